The molecule has 0 unspecified atom stereocenters. The first-order valence-corrected chi connectivity index (χ1v) is 9.80. The van der Waals surface area contributed by atoms with Crippen molar-refractivity contribution in [2.75, 3.05) is 19.4 Å². The van der Waals surface area contributed by atoms with E-state index in [1.54, 1.807) is 38.4 Å². The van der Waals surface area contributed by atoms with Crippen LogP contribution in [0.3, 0.4) is 0 Å². The molecule has 0 saturated heterocycles. The summed E-state index contributed by atoms with van der Waals surface area (Å²) in [6.45, 7) is 0.187. The molecule has 1 aromatic heterocycles. The van der Waals surface area contributed by atoms with Gasteiger partial charge in [-0.1, -0.05) is 33.6 Å². The zero-order valence-electron chi connectivity index (χ0n) is 15.7. The second-order valence-electron chi connectivity index (χ2n) is 6.36. The van der Waals surface area contributed by atoms with Crippen LogP contribution in [0.4, 0.5) is 5.69 Å². The fourth-order valence-corrected chi connectivity index (χ4v) is 3.07. The third-order valence-corrected chi connectivity index (χ3v) is 4.75. The number of rotatable bonds is 6. The largest absolute Gasteiger partial charge is 0.486 e. The lowest BCUT2D eigenvalue weighted by molar-refractivity contribution is 0.0827. The van der Waals surface area contributed by atoms with Crippen molar-refractivity contribution >= 4 is 45.0 Å². The van der Waals surface area contributed by atoms with E-state index in [9.17, 15) is 9.59 Å². The van der Waals surface area contributed by atoms with E-state index in [0.717, 1.165) is 4.47 Å². The molecule has 8 heteroatoms. The number of nitrogens with one attached hydrogen (secondary N) is 1. The summed E-state index contributed by atoms with van der Waals surface area (Å²) < 4.78 is 12.1. The first-order valence-electron chi connectivity index (χ1n) is 8.63. The zero-order chi connectivity index (χ0) is 21.0. The molecule has 0 saturated carbocycles. The molecule has 2 aromatic carbocycles. The highest BCUT2D eigenvalue weighted by Gasteiger charge is 2.16. The maximum atomic E-state index is 12.5. The molecule has 0 aliphatic heterocycles. The van der Waals surface area contributed by atoms with Crippen LogP contribution in [0.1, 0.15) is 26.7 Å². The van der Waals surface area contributed by atoms with E-state index in [-0.39, 0.29) is 18.3 Å². The van der Waals surface area contributed by atoms with Gasteiger partial charge in [0.25, 0.3) is 11.8 Å². The summed E-state index contributed by atoms with van der Waals surface area (Å²) in [4.78, 5) is 26.1. The van der Waals surface area contributed by atoms with Crippen LogP contribution in [0, 0.1) is 0 Å². The Bertz CT molecular complexity index is 1050. The number of furan rings is 1. The molecule has 0 aliphatic carbocycles. The number of amides is 2. The van der Waals surface area contributed by atoms with Gasteiger partial charge in [0.05, 0.1) is 10.6 Å². The van der Waals surface area contributed by atoms with E-state index in [4.69, 9.17) is 20.8 Å². The Morgan fingerprint density at radius 3 is 2.66 bits per heavy atom. The molecule has 0 atom stereocenters. The Kier molecular flexibility index (Phi) is 6.61. The number of halogens is 2. The molecular formula is C21H18BrClN2O4. The van der Waals surface area contributed by atoms with E-state index in [1.807, 2.05) is 24.3 Å². The first kappa shape index (κ1) is 21.0. The molecule has 0 spiro atoms. The van der Waals surface area contributed by atoms with Gasteiger partial charge in [0.2, 0.25) is 0 Å². The second kappa shape index (κ2) is 9.15. The Balaban J connectivity index is 1.66. The van der Waals surface area contributed by atoms with Crippen molar-refractivity contribution in [1.29, 1.82) is 0 Å². The molecule has 0 radical (unpaired) electrons. The zero-order valence-corrected chi connectivity index (χ0v) is 18.1. The summed E-state index contributed by atoms with van der Waals surface area (Å²) in [7, 11) is 3.26. The monoisotopic (exact) mass is 476 g/mol. The van der Waals surface area contributed by atoms with Gasteiger partial charge in [-0.25, -0.2) is 0 Å². The second-order valence-corrected chi connectivity index (χ2v) is 7.68. The van der Waals surface area contributed by atoms with Crippen LogP contribution in [0.25, 0.3) is 0 Å². The van der Waals surface area contributed by atoms with Crippen molar-refractivity contribution < 1.29 is 18.7 Å². The van der Waals surface area contributed by atoms with Gasteiger partial charge in [-0.3, -0.25) is 9.59 Å². The third kappa shape index (κ3) is 5.40. The van der Waals surface area contributed by atoms with Crippen molar-refractivity contribution in [2.45, 2.75) is 6.61 Å². The molecule has 6 nitrogen and oxygen atoms in total. The van der Waals surface area contributed by atoms with Gasteiger partial charge in [0.15, 0.2) is 5.76 Å². The first-order chi connectivity index (χ1) is 13.8. The quantitative estimate of drug-likeness (QED) is 0.528. The number of benzene rings is 2. The summed E-state index contributed by atoms with van der Waals surface area (Å²) in [6.07, 6.45) is 0. The molecule has 29 heavy (non-hydrogen) atoms. The molecule has 150 valence electrons. The third-order valence-electron chi connectivity index (χ3n) is 3.92. The minimum atomic E-state index is -0.440. The Morgan fingerprint density at radius 2 is 1.93 bits per heavy atom. The predicted molar refractivity (Wildman–Crippen MR) is 115 cm³/mol. The van der Waals surface area contributed by atoms with E-state index < -0.39 is 5.91 Å². The van der Waals surface area contributed by atoms with Crippen molar-refractivity contribution in [2.24, 2.45) is 0 Å². The average molecular weight is 478 g/mol. The molecule has 3 rings (SSSR count). The van der Waals surface area contributed by atoms with Gasteiger partial charge in [0.1, 0.15) is 18.1 Å². The van der Waals surface area contributed by atoms with Crippen LogP contribution in [0.2, 0.25) is 5.02 Å². The van der Waals surface area contributed by atoms with Gasteiger partial charge in [0, 0.05) is 24.3 Å². The molecule has 1 N–H and O–H groups in total. The summed E-state index contributed by atoms with van der Waals surface area (Å²) in [6, 6.07) is 15.4. The number of hydrogen-bond donors (Lipinski definition) is 1. The van der Waals surface area contributed by atoms with Gasteiger partial charge in [-0.15, -0.1) is 0 Å². The topological polar surface area (TPSA) is 71.8 Å². The van der Waals surface area contributed by atoms with Crippen molar-refractivity contribution in [3.8, 4) is 5.75 Å². The highest BCUT2D eigenvalue weighted by Crippen LogP contribution is 2.23. The predicted octanol–water partition coefficient (Wildman–Crippen LogP) is 5.23. The smallest absolute Gasteiger partial charge is 0.291 e. The summed E-state index contributed by atoms with van der Waals surface area (Å²) in [5, 5.41) is 3.02. The molecule has 0 aliphatic rings. The van der Waals surface area contributed by atoms with Crippen LogP contribution in [-0.2, 0) is 6.61 Å². The highest BCUT2D eigenvalue weighted by molar-refractivity contribution is 9.10. The molecule has 2 amide bonds. The van der Waals surface area contributed by atoms with Gasteiger partial charge < -0.3 is 19.4 Å². The van der Waals surface area contributed by atoms with E-state index in [0.29, 0.717) is 27.8 Å². The van der Waals surface area contributed by atoms with E-state index in [2.05, 4.69) is 21.2 Å². The fraction of sp³-hybridized carbons (Fsp3) is 0.143. The number of ether oxygens (including phenoxy) is 1. The van der Waals surface area contributed by atoms with E-state index in [1.165, 1.54) is 11.0 Å². The summed E-state index contributed by atoms with van der Waals surface area (Å²) in [5.74, 6) is 0.629. The number of carbonyl (C=O) groups is 2. The van der Waals surface area contributed by atoms with Gasteiger partial charge in [-0.2, -0.15) is 0 Å². The van der Waals surface area contributed by atoms with Crippen LogP contribution >= 0.6 is 27.5 Å². The van der Waals surface area contributed by atoms with E-state index >= 15 is 0 Å². The summed E-state index contributed by atoms with van der Waals surface area (Å²) >= 11 is 9.47. The summed E-state index contributed by atoms with van der Waals surface area (Å²) in [5.41, 5.74) is 0.741. The SMILES string of the molecule is CN(C)C(=O)c1cc(NC(=O)c2ccc(COc3cccc(Br)c3)o2)ccc1Cl. The minimum Gasteiger partial charge on any atom is -0.486 e. The van der Waals surface area contributed by atoms with Crippen LogP contribution < -0.4 is 10.1 Å². The fourth-order valence-electron chi connectivity index (χ4n) is 2.49. The molecule has 1 heterocycles. The number of hydrogen-bond acceptors (Lipinski definition) is 4. The Hall–Kier alpha value is -2.77. The Morgan fingerprint density at radius 1 is 1.14 bits per heavy atom. The minimum absolute atomic E-state index is 0.133. The maximum absolute atomic E-state index is 12.5. The lowest BCUT2D eigenvalue weighted by Gasteiger charge is -2.13. The van der Waals surface area contributed by atoms with Crippen LogP contribution in [0.5, 0.6) is 5.75 Å². The van der Waals surface area contributed by atoms with Crippen molar-refractivity contribution in [1.82, 2.24) is 4.90 Å². The normalized spacial score (nSPS) is 10.5. The number of anilines is 1. The molecule has 0 bridgehead atoms. The van der Waals surface area contributed by atoms with Crippen LogP contribution in [-0.4, -0.2) is 30.8 Å². The standard InChI is InChI=1S/C21H18BrClN2O4/c1-25(2)21(27)17-11-14(6-8-18(17)23)24-20(26)19-9-7-16(29-19)12-28-15-5-3-4-13(22)10-15/h3-11H,12H2,1-2H3,(H,24,26). The van der Waals surface area contributed by atoms with Crippen molar-refractivity contribution in [3.05, 3.63) is 81.2 Å². The Labute approximate surface area is 181 Å². The van der Waals surface area contributed by atoms with Gasteiger partial charge in [-0.05, 0) is 48.5 Å². The lowest BCUT2D eigenvalue weighted by Crippen LogP contribution is -2.22. The lowest BCUT2D eigenvalue weighted by atomic mass is 10.1. The molecule has 3 aromatic rings. The molecular weight excluding hydrogens is 460 g/mol. The van der Waals surface area contributed by atoms with Crippen molar-refractivity contribution in [3.63, 3.8) is 0 Å². The number of nitrogens with zero attached hydrogens (tertiary/aromatic N) is 1. The van der Waals surface area contributed by atoms with Crippen LogP contribution in [0.15, 0.2) is 63.5 Å². The number of carbonyl (C=O) groups excluding carboxylic acids is 2. The highest BCUT2D eigenvalue weighted by atomic mass is 79.9. The maximum Gasteiger partial charge on any atom is 0.291 e. The van der Waals surface area contributed by atoms with Gasteiger partial charge >= 0.3 is 0 Å². The average Bonchev–Trinajstić information content (AvgIpc) is 3.16. The molecule has 0 fully saturated rings.